The number of aliphatic hydroxyl groups is 1. The molecule has 2 amide bonds. The summed E-state index contributed by atoms with van der Waals surface area (Å²) in [6.07, 6.45) is -3.74. The predicted molar refractivity (Wildman–Crippen MR) is 101 cm³/mol. The van der Waals surface area contributed by atoms with Crippen LogP contribution in [0, 0.1) is 0 Å². The number of benzene rings is 2. The first-order valence-electron chi connectivity index (χ1n) is 8.64. The van der Waals surface area contributed by atoms with Crippen LogP contribution >= 0.6 is 0 Å². The number of carbonyl (C=O) groups excluding carboxylic acids is 2. The van der Waals surface area contributed by atoms with E-state index in [1.165, 1.54) is 6.07 Å². The van der Waals surface area contributed by atoms with Crippen LogP contribution in [0.5, 0.6) is 0 Å². The molecule has 2 aromatic carbocycles. The summed E-state index contributed by atoms with van der Waals surface area (Å²) in [6, 6.07) is 11.1. The number of alkyl halides is 3. The topological polar surface area (TPSA) is 83.4 Å². The largest absolute Gasteiger partial charge is 0.416 e. The van der Waals surface area contributed by atoms with E-state index in [-0.39, 0.29) is 12.2 Å². The normalized spacial score (nSPS) is 12.6. The van der Waals surface area contributed by atoms with Crippen LogP contribution in [0.3, 0.4) is 0 Å². The summed E-state index contributed by atoms with van der Waals surface area (Å²) in [7, 11) is 1.89. The molecule has 6 nitrogen and oxygen atoms in total. The van der Waals surface area contributed by atoms with Crippen molar-refractivity contribution in [3.05, 3.63) is 65.9 Å². The van der Waals surface area contributed by atoms with Crippen LogP contribution in [0.25, 0.3) is 10.9 Å². The van der Waals surface area contributed by atoms with E-state index in [2.05, 4.69) is 10.6 Å². The van der Waals surface area contributed by atoms with E-state index in [9.17, 15) is 27.9 Å². The van der Waals surface area contributed by atoms with Gasteiger partial charge in [0.25, 0.3) is 0 Å². The number of nitrogens with one attached hydrogen (secondary N) is 2. The highest BCUT2D eigenvalue weighted by atomic mass is 19.4. The van der Waals surface area contributed by atoms with Crippen LogP contribution in [0.1, 0.15) is 17.2 Å². The molecule has 0 aliphatic carbocycles. The highest BCUT2D eigenvalue weighted by Gasteiger charge is 2.30. The van der Waals surface area contributed by atoms with Gasteiger partial charge in [-0.05, 0) is 47.3 Å². The van der Waals surface area contributed by atoms with E-state index in [1.807, 2.05) is 29.9 Å². The molecule has 1 aromatic heterocycles. The average molecular weight is 405 g/mol. The number of nitrogens with zero attached hydrogens (tertiary/aromatic N) is 1. The van der Waals surface area contributed by atoms with Crippen molar-refractivity contribution in [2.24, 2.45) is 7.05 Å². The van der Waals surface area contributed by atoms with Crippen molar-refractivity contribution in [2.45, 2.75) is 12.3 Å². The Morgan fingerprint density at radius 2 is 1.86 bits per heavy atom. The second kappa shape index (κ2) is 7.96. The smallest absolute Gasteiger partial charge is 0.387 e. The minimum Gasteiger partial charge on any atom is -0.387 e. The maximum Gasteiger partial charge on any atom is 0.416 e. The van der Waals surface area contributed by atoms with E-state index in [1.54, 1.807) is 12.1 Å². The van der Waals surface area contributed by atoms with Crippen LogP contribution in [0.4, 0.5) is 18.9 Å². The Morgan fingerprint density at radius 1 is 1.10 bits per heavy atom. The van der Waals surface area contributed by atoms with Gasteiger partial charge in [0.2, 0.25) is 0 Å². The summed E-state index contributed by atoms with van der Waals surface area (Å²) >= 11 is 0. The fourth-order valence-corrected chi connectivity index (χ4v) is 2.86. The van der Waals surface area contributed by atoms with Gasteiger partial charge in [-0.25, -0.2) is 0 Å². The molecule has 0 aliphatic heterocycles. The van der Waals surface area contributed by atoms with Crippen LogP contribution in [-0.2, 0) is 22.8 Å². The van der Waals surface area contributed by atoms with Gasteiger partial charge in [-0.1, -0.05) is 12.1 Å². The molecule has 3 N–H and O–H groups in total. The fraction of sp³-hybridized carbons (Fsp3) is 0.200. The van der Waals surface area contributed by atoms with Crippen molar-refractivity contribution < 1.29 is 27.9 Å². The molecule has 1 atom stereocenters. The quantitative estimate of drug-likeness (QED) is 0.584. The van der Waals surface area contributed by atoms with Gasteiger partial charge < -0.3 is 20.3 Å². The van der Waals surface area contributed by atoms with E-state index in [0.29, 0.717) is 5.56 Å². The van der Waals surface area contributed by atoms with Crippen molar-refractivity contribution >= 4 is 28.4 Å². The summed E-state index contributed by atoms with van der Waals surface area (Å²) in [5, 5.41) is 15.5. The first-order valence-corrected chi connectivity index (χ1v) is 8.64. The summed E-state index contributed by atoms with van der Waals surface area (Å²) in [6.45, 7) is -0.229. The lowest BCUT2D eigenvalue weighted by molar-refractivity contribution is -0.137. The molecule has 0 saturated heterocycles. The zero-order valence-corrected chi connectivity index (χ0v) is 15.3. The highest BCUT2D eigenvalue weighted by Crippen LogP contribution is 2.30. The number of aromatic nitrogens is 1. The van der Waals surface area contributed by atoms with Gasteiger partial charge in [0.1, 0.15) is 0 Å². The maximum atomic E-state index is 12.7. The zero-order chi connectivity index (χ0) is 21.2. The summed E-state index contributed by atoms with van der Waals surface area (Å²) in [4.78, 5) is 23.8. The molecule has 0 spiro atoms. The standard InChI is InChI=1S/C20H18F3N3O3/c1-26-8-7-12-9-13(5-6-16(12)26)17(27)11-24-18(28)19(29)25-15-4-2-3-14(10-15)20(21,22)23/h2-10,17,27H,11H2,1H3,(H,24,28)(H,25,29)/t17-/m1/s1. The number of halogens is 3. The molecule has 0 unspecified atom stereocenters. The molecule has 3 rings (SSSR count). The molecule has 0 aliphatic rings. The maximum absolute atomic E-state index is 12.7. The predicted octanol–water partition coefficient (Wildman–Crippen LogP) is 2.99. The van der Waals surface area contributed by atoms with Gasteiger partial charge in [-0.15, -0.1) is 0 Å². The number of aliphatic hydroxyl groups excluding tert-OH is 1. The van der Waals surface area contributed by atoms with Crippen LogP contribution in [0.15, 0.2) is 54.7 Å². The van der Waals surface area contributed by atoms with Gasteiger partial charge in [0.05, 0.1) is 11.7 Å². The number of anilines is 1. The van der Waals surface area contributed by atoms with Gasteiger partial charge in [0, 0.05) is 31.0 Å². The number of hydrogen-bond donors (Lipinski definition) is 3. The third-order valence-electron chi connectivity index (χ3n) is 4.40. The van der Waals surface area contributed by atoms with Gasteiger partial charge in [-0.2, -0.15) is 13.2 Å². The van der Waals surface area contributed by atoms with Crippen LogP contribution < -0.4 is 10.6 Å². The van der Waals surface area contributed by atoms with E-state index in [0.717, 1.165) is 29.1 Å². The fourth-order valence-electron chi connectivity index (χ4n) is 2.86. The van der Waals surface area contributed by atoms with Gasteiger partial charge in [-0.3, -0.25) is 9.59 Å². The Kier molecular flexibility index (Phi) is 5.60. The lowest BCUT2D eigenvalue weighted by atomic mass is 10.1. The van der Waals surface area contributed by atoms with Crippen molar-refractivity contribution in [3.8, 4) is 0 Å². The number of aryl methyl sites for hydroxylation is 1. The molecule has 0 fully saturated rings. The van der Waals surface area contributed by atoms with Crippen LogP contribution in [-0.4, -0.2) is 28.0 Å². The van der Waals surface area contributed by atoms with Crippen LogP contribution in [0.2, 0.25) is 0 Å². The SMILES string of the molecule is Cn1ccc2cc([C@H](O)CNC(=O)C(=O)Nc3cccc(C(F)(F)F)c3)ccc21. The molecule has 3 aromatic rings. The number of amides is 2. The Hall–Kier alpha value is -3.33. The van der Waals surface area contributed by atoms with Crippen molar-refractivity contribution in [3.63, 3.8) is 0 Å². The second-order valence-electron chi connectivity index (χ2n) is 6.50. The Labute approximate surface area is 163 Å². The monoisotopic (exact) mass is 405 g/mol. The molecule has 0 saturated carbocycles. The lowest BCUT2D eigenvalue weighted by Gasteiger charge is -2.13. The molecule has 1 heterocycles. The molecular weight excluding hydrogens is 387 g/mol. The lowest BCUT2D eigenvalue weighted by Crippen LogP contribution is -2.37. The summed E-state index contributed by atoms with van der Waals surface area (Å²) < 4.78 is 40.1. The van der Waals surface area contributed by atoms with Gasteiger partial charge >= 0.3 is 18.0 Å². The first kappa shape index (κ1) is 20.4. The zero-order valence-electron chi connectivity index (χ0n) is 15.3. The summed E-state index contributed by atoms with van der Waals surface area (Å²) in [5.41, 5.74) is 0.435. The molecule has 152 valence electrons. The molecule has 0 radical (unpaired) electrons. The van der Waals surface area contributed by atoms with E-state index < -0.39 is 29.7 Å². The Bertz CT molecular complexity index is 1060. The molecule has 0 bridgehead atoms. The Balaban J connectivity index is 1.58. The minimum absolute atomic E-state index is 0.157. The first-order chi connectivity index (χ1) is 13.6. The molecular formula is C20H18F3N3O3. The Morgan fingerprint density at radius 3 is 2.59 bits per heavy atom. The molecule has 29 heavy (non-hydrogen) atoms. The number of fused-ring (bicyclic) bond motifs is 1. The molecule has 9 heteroatoms. The third kappa shape index (κ3) is 4.75. The highest BCUT2D eigenvalue weighted by molar-refractivity contribution is 6.39. The van der Waals surface area contributed by atoms with E-state index >= 15 is 0 Å². The average Bonchev–Trinajstić information content (AvgIpc) is 3.05. The third-order valence-corrected chi connectivity index (χ3v) is 4.40. The van der Waals surface area contributed by atoms with Crippen molar-refractivity contribution in [1.82, 2.24) is 9.88 Å². The van der Waals surface area contributed by atoms with E-state index in [4.69, 9.17) is 0 Å². The van der Waals surface area contributed by atoms with Crippen molar-refractivity contribution in [2.75, 3.05) is 11.9 Å². The van der Waals surface area contributed by atoms with Gasteiger partial charge in [0.15, 0.2) is 0 Å². The minimum atomic E-state index is -4.56. The second-order valence-corrected chi connectivity index (χ2v) is 6.50. The number of rotatable bonds is 4. The summed E-state index contributed by atoms with van der Waals surface area (Å²) in [5.74, 6) is -2.20. The number of carbonyl (C=O) groups is 2. The van der Waals surface area contributed by atoms with Crippen molar-refractivity contribution in [1.29, 1.82) is 0 Å². The number of hydrogen-bond acceptors (Lipinski definition) is 3.